The Kier molecular flexibility index (Phi) is 2.82. The lowest BCUT2D eigenvalue weighted by Crippen LogP contribution is -2.46. The molecular formula is C11H22N2O. The van der Waals surface area contributed by atoms with E-state index in [-0.39, 0.29) is 5.60 Å². The molecule has 2 aliphatic rings. The fourth-order valence-corrected chi connectivity index (χ4v) is 2.81. The molecule has 2 fully saturated rings. The van der Waals surface area contributed by atoms with Gasteiger partial charge in [-0.1, -0.05) is 0 Å². The van der Waals surface area contributed by atoms with Crippen LogP contribution in [-0.2, 0) is 4.74 Å². The smallest absolute Gasteiger partial charge is 0.0781 e. The van der Waals surface area contributed by atoms with E-state index < -0.39 is 0 Å². The van der Waals surface area contributed by atoms with Crippen LogP contribution in [0.3, 0.4) is 0 Å². The van der Waals surface area contributed by atoms with E-state index in [1.54, 1.807) is 0 Å². The van der Waals surface area contributed by atoms with Gasteiger partial charge in [-0.3, -0.25) is 4.90 Å². The summed E-state index contributed by atoms with van der Waals surface area (Å²) in [4.78, 5) is 2.59. The summed E-state index contributed by atoms with van der Waals surface area (Å²) in [6, 6.07) is 1.31. The third kappa shape index (κ3) is 1.81. The van der Waals surface area contributed by atoms with E-state index in [9.17, 15) is 0 Å². The van der Waals surface area contributed by atoms with Crippen molar-refractivity contribution in [3.05, 3.63) is 0 Å². The summed E-state index contributed by atoms with van der Waals surface area (Å²) in [7, 11) is 2.06. The van der Waals surface area contributed by atoms with E-state index in [2.05, 4.69) is 31.1 Å². The highest BCUT2D eigenvalue weighted by Gasteiger charge is 2.41. The fourth-order valence-electron chi connectivity index (χ4n) is 2.81. The molecule has 2 unspecified atom stereocenters. The zero-order valence-corrected chi connectivity index (χ0v) is 9.55. The maximum atomic E-state index is 5.77. The molecule has 0 aromatic carbocycles. The van der Waals surface area contributed by atoms with E-state index in [0.29, 0.717) is 12.1 Å². The van der Waals surface area contributed by atoms with Crippen molar-refractivity contribution in [1.29, 1.82) is 0 Å². The first kappa shape index (κ1) is 10.4. The Balaban J connectivity index is 1.96. The molecule has 0 radical (unpaired) electrons. The second-order valence-corrected chi connectivity index (χ2v) is 5.03. The fraction of sp³-hybridized carbons (Fsp3) is 1.00. The third-order valence-corrected chi connectivity index (χ3v) is 3.74. The molecule has 0 aliphatic carbocycles. The van der Waals surface area contributed by atoms with Crippen molar-refractivity contribution in [2.24, 2.45) is 0 Å². The number of ether oxygens (including phenoxy) is 1. The molecule has 0 bridgehead atoms. The van der Waals surface area contributed by atoms with Gasteiger partial charge in [-0.25, -0.2) is 0 Å². The molecule has 14 heavy (non-hydrogen) atoms. The van der Waals surface area contributed by atoms with Crippen molar-refractivity contribution in [2.45, 2.75) is 44.4 Å². The first-order chi connectivity index (χ1) is 6.63. The standard InChI is InChI=1S/C11H22N2O/c1-11(2)10(5-7-14-11)13-6-4-9(8-13)12-3/h9-10,12H,4-8H2,1-3H3. The lowest BCUT2D eigenvalue weighted by molar-refractivity contribution is -0.00528. The van der Waals surface area contributed by atoms with E-state index in [4.69, 9.17) is 4.74 Å². The number of rotatable bonds is 2. The van der Waals surface area contributed by atoms with Crippen LogP contribution in [0.4, 0.5) is 0 Å². The van der Waals surface area contributed by atoms with Crippen LogP contribution in [0, 0.1) is 0 Å². The van der Waals surface area contributed by atoms with E-state index >= 15 is 0 Å². The van der Waals surface area contributed by atoms with Crippen molar-refractivity contribution >= 4 is 0 Å². The molecule has 0 amide bonds. The van der Waals surface area contributed by atoms with E-state index in [0.717, 1.165) is 6.61 Å². The lowest BCUT2D eigenvalue weighted by atomic mass is 9.98. The Morgan fingerprint density at radius 1 is 1.36 bits per heavy atom. The molecule has 2 saturated heterocycles. The van der Waals surface area contributed by atoms with Crippen molar-refractivity contribution in [3.8, 4) is 0 Å². The molecule has 2 rings (SSSR count). The Morgan fingerprint density at radius 2 is 2.14 bits per heavy atom. The molecule has 2 aliphatic heterocycles. The van der Waals surface area contributed by atoms with Gasteiger partial charge in [0.2, 0.25) is 0 Å². The lowest BCUT2D eigenvalue weighted by Gasteiger charge is -2.33. The highest BCUT2D eigenvalue weighted by Crippen LogP contribution is 2.31. The van der Waals surface area contributed by atoms with Crippen LogP contribution in [-0.4, -0.2) is 49.3 Å². The number of likely N-dealkylation sites (N-methyl/N-ethyl adjacent to an activating group) is 1. The number of hydrogen-bond donors (Lipinski definition) is 1. The van der Waals surface area contributed by atoms with Gasteiger partial charge in [0, 0.05) is 31.8 Å². The molecule has 3 nitrogen and oxygen atoms in total. The number of hydrogen-bond acceptors (Lipinski definition) is 3. The summed E-state index contributed by atoms with van der Waals surface area (Å²) < 4.78 is 5.77. The number of likely N-dealkylation sites (tertiary alicyclic amines) is 1. The summed E-state index contributed by atoms with van der Waals surface area (Å²) >= 11 is 0. The van der Waals surface area contributed by atoms with Gasteiger partial charge in [0.15, 0.2) is 0 Å². The molecule has 1 N–H and O–H groups in total. The van der Waals surface area contributed by atoms with Gasteiger partial charge >= 0.3 is 0 Å². The van der Waals surface area contributed by atoms with E-state index in [1.807, 2.05) is 0 Å². The van der Waals surface area contributed by atoms with Crippen LogP contribution in [0.1, 0.15) is 26.7 Å². The van der Waals surface area contributed by atoms with Crippen LogP contribution in [0.5, 0.6) is 0 Å². The minimum Gasteiger partial charge on any atom is -0.374 e. The number of nitrogens with zero attached hydrogens (tertiary/aromatic N) is 1. The molecule has 3 heteroatoms. The topological polar surface area (TPSA) is 24.5 Å². The summed E-state index contributed by atoms with van der Waals surface area (Å²) in [6.45, 7) is 7.78. The Labute approximate surface area is 86.8 Å². The highest BCUT2D eigenvalue weighted by molar-refractivity contribution is 4.96. The van der Waals surface area contributed by atoms with Crippen molar-refractivity contribution < 1.29 is 4.74 Å². The van der Waals surface area contributed by atoms with Crippen molar-refractivity contribution in [2.75, 3.05) is 26.7 Å². The maximum Gasteiger partial charge on any atom is 0.0781 e. The van der Waals surface area contributed by atoms with Gasteiger partial charge in [0.1, 0.15) is 0 Å². The zero-order valence-electron chi connectivity index (χ0n) is 9.55. The van der Waals surface area contributed by atoms with Gasteiger partial charge < -0.3 is 10.1 Å². The van der Waals surface area contributed by atoms with Gasteiger partial charge in [0.25, 0.3) is 0 Å². The molecule has 0 aromatic heterocycles. The average molecular weight is 198 g/mol. The van der Waals surface area contributed by atoms with Crippen LogP contribution >= 0.6 is 0 Å². The van der Waals surface area contributed by atoms with Crippen LogP contribution in [0.15, 0.2) is 0 Å². The van der Waals surface area contributed by atoms with Gasteiger partial charge in [-0.2, -0.15) is 0 Å². The summed E-state index contributed by atoms with van der Waals surface area (Å²) in [5.41, 5.74) is 0.0582. The molecule has 2 atom stereocenters. The third-order valence-electron chi connectivity index (χ3n) is 3.74. The van der Waals surface area contributed by atoms with Crippen LogP contribution in [0.25, 0.3) is 0 Å². The minimum absolute atomic E-state index is 0.0582. The van der Waals surface area contributed by atoms with Gasteiger partial charge in [-0.05, 0) is 33.7 Å². The molecular weight excluding hydrogens is 176 g/mol. The second kappa shape index (κ2) is 3.80. The summed E-state index contributed by atoms with van der Waals surface area (Å²) in [6.07, 6.45) is 2.48. The highest BCUT2D eigenvalue weighted by atomic mass is 16.5. The monoisotopic (exact) mass is 198 g/mol. The molecule has 0 spiro atoms. The second-order valence-electron chi connectivity index (χ2n) is 5.03. The van der Waals surface area contributed by atoms with Gasteiger partial charge in [-0.15, -0.1) is 0 Å². The summed E-state index contributed by atoms with van der Waals surface area (Å²) in [5, 5.41) is 3.36. The van der Waals surface area contributed by atoms with Crippen molar-refractivity contribution in [1.82, 2.24) is 10.2 Å². The molecule has 2 heterocycles. The summed E-state index contributed by atoms with van der Waals surface area (Å²) in [5.74, 6) is 0. The molecule has 0 saturated carbocycles. The van der Waals surface area contributed by atoms with Crippen molar-refractivity contribution in [3.63, 3.8) is 0 Å². The Bertz CT molecular complexity index is 205. The quantitative estimate of drug-likeness (QED) is 0.712. The van der Waals surface area contributed by atoms with Crippen LogP contribution in [0.2, 0.25) is 0 Å². The molecule has 82 valence electrons. The average Bonchev–Trinajstić information content (AvgIpc) is 2.70. The maximum absolute atomic E-state index is 5.77. The van der Waals surface area contributed by atoms with Crippen LogP contribution < -0.4 is 5.32 Å². The Hall–Kier alpha value is -0.120. The Morgan fingerprint density at radius 3 is 2.64 bits per heavy atom. The largest absolute Gasteiger partial charge is 0.374 e. The van der Waals surface area contributed by atoms with Gasteiger partial charge in [0.05, 0.1) is 5.60 Å². The zero-order chi connectivity index (χ0) is 10.2. The first-order valence-corrected chi connectivity index (χ1v) is 5.69. The predicted molar refractivity (Wildman–Crippen MR) is 57.5 cm³/mol. The predicted octanol–water partition coefficient (Wildman–Crippen LogP) is 0.848. The normalized spacial score (nSPS) is 37.9. The van der Waals surface area contributed by atoms with E-state index in [1.165, 1.54) is 25.9 Å². The molecule has 0 aromatic rings. The number of nitrogens with one attached hydrogen (secondary N) is 1. The first-order valence-electron chi connectivity index (χ1n) is 5.69. The SMILES string of the molecule is CNC1CCN(C2CCOC2(C)C)C1. The minimum atomic E-state index is 0.0582.